The van der Waals surface area contributed by atoms with Gasteiger partial charge in [-0.15, -0.1) is 0 Å². The normalized spacial score (nSPS) is 24.4. The third kappa shape index (κ3) is 1.68. The summed E-state index contributed by atoms with van der Waals surface area (Å²) in [7, 11) is 2.15. The fourth-order valence-corrected chi connectivity index (χ4v) is 3.00. The highest BCUT2D eigenvalue weighted by atomic mass is 15.2. The first-order valence-corrected chi connectivity index (χ1v) is 6.28. The van der Waals surface area contributed by atoms with Gasteiger partial charge in [-0.25, -0.2) is 9.97 Å². The van der Waals surface area contributed by atoms with Crippen molar-refractivity contribution in [3.8, 4) is 0 Å². The number of nitrogens with one attached hydrogen (secondary N) is 1. The molecule has 4 nitrogen and oxygen atoms in total. The fraction of sp³-hybridized carbons (Fsp3) is 0.538. The molecule has 0 spiro atoms. The molecule has 1 fully saturated rings. The van der Waals surface area contributed by atoms with Crippen LogP contribution in [0, 0.1) is 5.92 Å². The van der Waals surface area contributed by atoms with E-state index in [4.69, 9.17) is 0 Å². The van der Waals surface area contributed by atoms with Crippen LogP contribution in [-0.4, -0.2) is 28.0 Å². The predicted octanol–water partition coefficient (Wildman–Crippen LogP) is 2.58. The number of aromatic amines is 1. The second-order valence-electron chi connectivity index (χ2n) is 5.02. The summed E-state index contributed by atoms with van der Waals surface area (Å²) in [5.41, 5.74) is 0.924. The van der Waals surface area contributed by atoms with Gasteiger partial charge in [-0.3, -0.25) is 0 Å². The number of nitrogens with zero attached hydrogens (tertiary/aromatic N) is 3. The quantitative estimate of drug-likeness (QED) is 0.862. The second-order valence-corrected chi connectivity index (χ2v) is 5.02. The summed E-state index contributed by atoms with van der Waals surface area (Å²) in [6, 6.07) is 2.67. The molecular formula is C13H18N4. The zero-order chi connectivity index (χ0) is 11.8. The molecule has 0 aliphatic heterocycles. The Labute approximate surface area is 101 Å². The Morgan fingerprint density at radius 3 is 3.00 bits per heavy atom. The minimum atomic E-state index is 0.614. The third-order valence-corrected chi connectivity index (χ3v) is 3.98. The molecule has 2 atom stereocenters. The van der Waals surface area contributed by atoms with Gasteiger partial charge in [0.2, 0.25) is 0 Å². The van der Waals surface area contributed by atoms with Crippen molar-refractivity contribution in [1.82, 2.24) is 15.0 Å². The number of hydrogen-bond acceptors (Lipinski definition) is 3. The highest BCUT2D eigenvalue weighted by Gasteiger charge is 2.28. The standard InChI is InChI=1S/C13H18N4/c1-9-4-3-5-11(9)17(2)13-10-6-7-14-12(10)15-8-16-13/h6-9,11H,3-5H2,1-2H3,(H,14,15,16). The van der Waals surface area contributed by atoms with Crippen LogP contribution in [0.4, 0.5) is 5.82 Å². The van der Waals surface area contributed by atoms with Crippen LogP contribution < -0.4 is 4.90 Å². The first-order chi connectivity index (χ1) is 8.27. The summed E-state index contributed by atoms with van der Waals surface area (Å²) >= 11 is 0. The first kappa shape index (κ1) is 10.6. The lowest BCUT2D eigenvalue weighted by Gasteiger charge is -2.29. The van der Waals surface area contributed by atoms with Crippen LogP contribution >= 0.6 is 0 Å². The maximum absolute atomic E-state index is 4.45. The van der Waals surface area contributed by atoms with Crippen LogP contribution in [0.15, 0.2) is 18.6 Å². The van der Waals surface area contributed by atoms with Crippen LogP contribution in [0.2, 0.25) is 0 Å². The summed E-state index contributed by atoms with van der Waals surface area (Å²) in [5, 5.41) is 1.12. The molecule has 1 aliphatic carbocycles. The molecule has 0 radical (unpaired) electrons. The van der Waals surface area contributed by atoms with Crippen LogP contribution in [0.5, 0.6) is 0 Å². The van der Waals surface area contributed by atoms with Crippen molar-refractivity contribution < 1.29 is 0 Å². The van der Waals surface area contributed by atoms with E-state index < -0.39 is 0 Å². The lowest BCUT2D eigenvalue weighted by Crippen LogP contribution is -2.34. The Bertz CT molecular complexity index is 519. The van der Waals surface area contributed by atoms with Crippen molar-refractivity contribution in [3.63, 3.8) is 0 Å². The van der Waals surface area contributed by atoms with E-state index in [0.29, 0.717) is 6.04 Å². The first-order valence-electron chi connectivity index (χ1n) is 6.28. The van der Waals surface area contributed by atoms with Crippen molar-refractivity contribution in [3.05, 3.63) is 18.6 Å². The number of fused-ring (bicyclic) bond motifs is 1. The van der Waals surface area contributed by atoms with Crippen LogP contribution in [0.3, 0.4) is 0 Å². The molecule has 0 aromatic carbocycles. The Hall–Kier alpha value is -1.58. The smallest absolute Gasteiger partial charge is 0.142 e. The summed E-state index contributed by atoms with van der Waals surface area (Å²) in [6.45, 7) is 2.34. The Morgan fingerprint density at radius 1 is 1.35 bits per heavy atom. The molecule has 2 unspecified atom stereocenters. The number of hydrogen-bond donors (Lipinski definition) is 1. The average Bonchev–Trinajstić information content (AvgIpc) is 2.95. The maximum Gasteiger partial charge on any atom is 0.142 e. The molecule has 4 heteroatoms. The molecule has 1 aliphatic rings. The average molecular weight is 230 g/mol. The summed E-state index contributed by atoms with van der Waals surface area (Å²) in [5.74, 6) is 1.80. The number of H-pyrrole nitrogens is 1. The lowest BCUT2D eigenvalue weighted by molar-refractivity contribution is 0.503. The van der Waals surface area contributed by atoms with Gasteiger partial charge in [0.25, 0.3) is 0 Å². The molecule has 17 heavy (non-hydrogen) atoms. The van der Waals surface area contributed by atoms with Gasteiger partial charge >= 0.3 is 0 Å². The fourth-order valence-electron chi connectivity index (χ4n) is 3.00. The van der Waals surface area contributed by atoms with Crippen molar-refractivity contribution in [2.45, 2.75) is 32.2 Å². The molecule has 1 N–H and O–H groups in total. The number of anilines is 1. The van der Waals surface area contributed by atoms with E-state index in [2.05, 4.69) is 39.9 Å². The molecule has 0 amide bonds. The number of aromatic nitrogens is 3. The largest absolute Gasteiger partial charge is 0.356 e. The van der Waals surface area contributed by atoms with Gasteiger partial charge in [0.05, 0.1) is 5.39 Å². The molecule has 90 valence electrons. The van der Waals surface area contributed by atoms with Crippen LogP contribution in [0.25, 0.3) is 11.0 Å². The Kier molecular flexibility index (Phi) is 2.50. The maximum atomic E-state index is 4.45. The summed E-state index contributed by atoms with van der Waals surface area (Å²) in [4.78, 5) is 14.2. The third-order valence-electron chi connectivity index (χ3n) is 3.98. The highest BCUT2D eigenvalue weighted by Crippen LogP contribution is 2.32. The van der Waals surface area contributed by atoms with E-state index in [1.165, 1.54) is 19.3 Å². The molecule has 1 saturated carbocycles. The predicted molar refractivity (Wildman–Crippen MR) is 69.1 cm³/mol. The van der Waals surface area contributed by atoms with Crippen molar-refractivity contribution >= 4 is 16.9 Å². The van der Waals surface area contributed by atoms with E-state index in [-0.39, 0.29) is 0 Å². The van der Waals surface area contributed by atoms with Crippen LogP contribution in [0.1, 0.15) is 26.2 Å². The molecule has 0 saturated heterocycles. The van der Waals surface area contributed by atoms with Gasteiger partial charge in [0.15, 0.2) is 0 Å². The molecule has 3 rings (SSSR count). The molecule has 2 aromatic rings. The van der Waals surface area contributed by atoms with E-state index in [0.717, 1.165) is 22.8 Å². The van der Waals surface area contributed by atoms with Gasteiger partial charge in [0, 0.05) is 19.3 Å². The minimum Gasteiger partial charge on any atom is -0.356 e. The molecule has 2 heterocycles. The highest BCUT2D eigenvalue weighted by molar-refractivity contribution is 5.87. The molecule has 0 bridgehead atoms. The zero-order valence-corrected chi connectivity index (χ0v) is 10.3. The van der Waals surface area contributed by atoms with Gasteiger partial charge in [-0.2, -0.15) is 0 Å². The van der Waals surface area contributed by atoms with Gasteiger partial charge < -0.3 is 9.88 Å². The topological polar surface area (TPSA) is 44.8 Å². The van der Waals surface area contributed by atoms with E-state index in [9.17, 15) is 0 Å². The van der Waals surface area contributed by atoms with Crippen molar-refractivity contribution in [1.29, 1.82) is 0 Å². The molecular weight excluding hydrogens is 212 g/mol. The molecule has 2 aromatic heterocycles. The monoisotopic (exact) mass is 230 g/mol. The van der Waals surface area contributed by atoms with E-state index in [1.807, 2.05) is 6.20 Å². The lowest BCUT2D eigenvalue weighted by atomic mass is 10.1. The zero-order valence-electron chi connectivity index (χ0n) is 10.3. The van der Waals surface area contributed by atoms with E-state index >= 15 is 0 Å². The van der Waals surface area contributed by atoms with Gasteiger partial charge in [0.1, 0.15) is 17.8 Å². The summed E-state index contributed by atoms with van der Waals surface area (Å²) < 4.78 is 0. The van der Waals surface area contributed by atoms with Crippen molar-refractivity contribution in [2.24, 2.45) is 5.92 Å². The minimum absolute atomic E-state index is 0.614. The van der Waals surface area contributed by atoms with Gasteiger partial charge in [-0.05, 0) is 24.8 Å². The van der Waals surface area contributed by atoms with Crippen LogP contribution in [-0.2, 0) is 0 Å². The Morgan fingerprint density at radius 2 is 2.24 bits per heavy atom. The summed E-state index contributed by atoms with van der Waals surface area (Å²) in [6.07, 6.45) is 7.50. The van der Waals surface area contributed by atoms with E-state index in [1.54, 1.807) is 6.33 Å². The Balaban J connectivity index is 2.00. The van der Waals surface area contributed by atoms with Crippen molar-refractivity contribution in [2.75, 3.05) is 11.9 Å². The van der Waals surface area contributed by atoms with Gasteiger partial charge in [-0.1, -0.05) is 13.3 Å². The number of rotatable bonds is 2. The SMILES string of the molecule is CC1CCCC1N(C)c1ncnc2[nH]ccc12. The second kappa shape index (κ2) is 4.02.